The Balaban J connectivity index is 2.00. The second-order valence-electron chi connectivity index (χ2n) is 4.72. The maximum absolute atomic E-state index is 13.5. The number of carbonyl (C=O) groups is 1. The van der Waals surface area contributed by atoms with Crippen LogP contribution in [0.4, 0.5) is 14.9 Å². The fraction of sp³-hybridized carbons (Fsp3) is 0.462. The van der Waals surface area contributed by atoms with Crippen LogP contribution >= 0.6 is 11.6 Å². The average molecular weight is 271 g/mol. The van der Waals surface area contributed by atoms with Crippen molar-refractivity contribution in [1.29, 1.82) is 0 Å². The van der Waals surface area contributed by atoms with Crippen molar-refractivity contribution in [1.82, 2.24) is 4.90 Å². The minimum Gasteiger partial charge on any atom is -0.325 e. The van der Waals surface area contributed by atoms with Crippen molar-refractivity contribution in [2.45, 2.75) is 19.8 Å². The van der Waals surface area contributed by atoms with E-state index < -0.39 is 5.82 Å². The maximum atomic E-state index is 13.5. The number of anilines is 1. The van der Waals surface area contributed by atoms with Gasteiger partial charge in [0.2, 0.25) is 0 Å². The monoisotopic (exact) mass is 270 g/mol. The maximum Gasteiger partial charge on any atom is 0.321 e. The molecule has 0 unspecified atom stereocenters. The van der Waals surface area contributed by atoms with Crippen molar-refractivity contribution in [3.05, 3.63) is 29.0 Å². The highest BCUT2D eigenvalue weighted by Crippen LogP contribution is 2.21. The lowest BCUT2D eigenvalue weighted by atomic mass is 10.00. The molecule has 1 aromatic carbocycles. The SMILES string of the molecule is CC1CCN(C(=O)Nc2cc(Cl)ccc2F)CC1. The predicted octanol–water partition coefficient (Wildman–Crippen LogP) is 3.74. The van der Waals surface area contributed by atoms with Crippen molar-refractivity contribution in [3.63, 3.8) is 0 Å². The molecule has 1 fully saturated rings. The summed E-state index contributed by atoms with van der Waals surface area (Å²) in [4.78, 5) is 13.7. The lowest BCUT2D eigenvalue weighted by molar-refractivity contribution is 0.186. The van der Waals surface area contributed by atoms with E-state index in [9.17, 15) is 9.18 Å². The molecule has 2 amide bonds. The fourth-order valence-electron chi connectivity index (χ4n) is 2.00. The molecule has 0 atom stereocenters. The average Bonchev–Trinajstić information content (AvgIpc) is 2.34. The Bertz CT molecular complexity index is 445. The van der Waals surface area contributed by atoms with E-state index in [-0.39, 0.29) is 11.7 Å². The van der Waals surface area contributed by atoms with Gasteiger partial charge in [-0.1, -0.05) is 18.5 Å². The summed E-state index contributed by atoms with van der Waals surface area (Å²) < 4.78 is 13.5. The minimum absolute atomic E-state index is 0.131. The van der Waals surface area contributed by atoms with E-state index in [0.717, 1.165) is 25.9 Å². The zero-order chi connectivity index (χ0) is 13.1. The summed E-state index contributed by atoms with van der Waals surface area (Å²) in [6.45, 7) is 3.61. The first-order chi connectivity index (χ1) is 8.56. The van der Waals surface area contributed by atoms with Crippen molar-refractivity contribution >= 4 is 23.3 Å². The molecular formula is C13H16ClFN2O. The smallest absolute Gasteiger partial charge is 0.321 e. The third-order valence-corrected chi connectivity index (χ3v) is 3.48. The second kappa shape index (κ2) is 5.57. The van der Waals surface area contributed by atoms with Crippen LogP contribution < -0.4 is 5.32 Å². The van der Waals surface area contributed by atoms with Gasteiger partial charge in [0.15, 0.2) is 0 Å². The van der Waals surface area contributed by atoms with E-state index >= 15 is 0 Å². The van der Waals surface area contributed by atoms with Crippen LogP contribution in [0, 0.1) is 11.7 Å². The number of benzene rings is 1. The normalized spacial score (nSPS) is 16.7. The van der Waals surface area contributed by atoms with Crippen LogP contribution in [-0.2, 0) is 0 Å². The minimum atomic E-state index is -0.474. The van der Waals surface area contributed by atoms with Crippen LogP contribution in [-0.4, -0.2) is 24.0 Å². The molecule has 0 aliphatic carbocycles. The van der Waals surface area contributed by atoms with Crippen LogP contribution in [0.3, 0.4) is 0 Å². The zero-order valence-electron chi connectivity index (χ0n) is 10.2. The molecule has 1 aliphatic rings. The molecule has 1 aromatic rings. The van der Waals surface area contributed by atoms with Gasteiger partial charge in [-0.05, 0) is 37.0 Å². The molecule has 1 aliphatic heterocycles. The van der Waals surface area contributed by atoms with E-state index in [1.54, 1.807) is 4.90 Å². The number of likely N-dealkylation sites (tertiary alicyclic amines) is 1. The Morgan fingerprint density at radius 3 is 2.78 bits per heavy atom. The number of hydrogen-bond acceptors (Lipinski definition) is 1. The number of amides is 2. The molecule has 0 spiro atoms. The summed E-state index contributed by atoms with van der Waals surface area (Å²) in [5.74, 6) is 0.176. The first-order valence-electron chi connectivity index (χ1n) is 6.07. The Kier molecular flexibility index (Phi) is 4.07. The number of halogens is 2. The second-order valence-corrected chi connectivity index (χ2v) is 5.16. The first kappa shape index (κ1) is 13.1. The van der Waals surface area contributed by atoms with Crippen LogP contribution in [0.1, 0.15) is 19.8 Å². The molecule has 1 heterocycles. The number of hydrogen-bond donors (Lipinski definition) is 1. The Hall–Kier alpha value is -1.29. The van der Waals surface area contributed by atoms with Crippen molar-refractivity contribution in [3.8, 4) is 0 Å². The van der Waals surface area contributed by atoms with Gasteiger partial charge in [-0.25, -0.2) is 9.18 Å². The Morgan fingerprint density at radius 1 is 1.44 bits per heavy atom. The van der Waals surface area contributed by atoms with Gasteiger partial charge >= 0.3 is 6.03 Å². The largest absolute Gasteiger partial charge is 0.325 e. The van der Waals surface area contributed by atoms with E-state index in [1.807, 2.05) is 0 Å². The topological polar surface area (TPSA) is 32.3 Å². The molecule has 0 radical (unpaired) electrons. The molecule has 5 heteroatoms. The van der Waals surface area contributed by atoms with E-state index in [0.29, 0.717) is 10.9 Å². The number of nitrogens with zero attached hydrogens (tertiary/aromatic N) is 1. The molecular weight excluding hydrogens is 255 g/mol. The summed E-state index contributed by atoms with van der Waals surface area (Å²) in [5.41, 5.74) is 0.131. The molecule has 0 saturated carbocycles. The number of rotatable bonds is 1. The molecule has 0 bridgehead atoms. The highest BCUT2D eigenvalue weighted by Gasteiger charge is 2.20. The van der Waals surface area contributed by atoms with Gasteiger partial charge in [-0.15, -0.1) is 0 Å². The molecule has 3 nitrogen and oxygen atoms in total. The molecule has 2 rings (SSSR count). The first-order valence-corrected chi connectivity index (χ1v) is 6.45. The van der Waals surface area contributed by atoms with Crippen LogP contribution in [0.25, 0.3) is 0 Å². The zero-order valence-corrected chi connectivity index (χ0v) is 11.0. The summed E-state index contributed by atoms with van der Waals surface area (Å²) >= 11 is 5.77. The fourth-order valence-corrected chi connectivity index (χ4v) is 2.17. The van der Waals surface area contributed by atoms with Crippen molar-refractivity contribution in [2.75, 3.05) is 18.4 Å². The number of urea groups is 1. The van der Waals surface area contributed by atoms with Crippen molar-refractivity contribution in [2.24, 2.45) is 5.92 Å². The van der Waals surface area contributed by atoms with Gasteiger partial charge in [0.25, 0.3) is 0 Å². The molecule has 1 saturated heterocycles. The number of piperidine rings is 1. The summed E-state index contributed by atoms with van der Waals surface area (Å²) in [6.07, 6.45) is 1.98. The third kappa shape index (κ3) is 3.13. The van der Waals surface area contributed by atoms with Gasteiger partial charge in [0.05, 0.1) is 5.69 Å². The van der Waals surface area contributed by atoms with Gasteiger partial charge in [0, 0.05) is 18.1 Å². The van der Waals surface area contributed by atoms with Gasteiger partial charge in [-0.3, -0.25) is 0 Å². The molecule has 1 N–H and O–H groups in total. The number of nitrogens with one attached hydrogen (secondary N) is 1. The highest BCUT2D eigenvalue weighted by molar-refractivity contribution is 6.30. The molecule has 0 aromatic heterocycles. The van der Waals surface area contributed by atoms with E-state index in [4.69, 9.17) is 11.6 Å². The van der Waals surface area contributed by atoms with E-state index in [2.05, 4.69) is 12.2 Å². The molecule has 18 heavy (non-hydrogen) atoms. The van der Waals surface area contributed by atoms with Gasteiger partial charge < -0.3 is 10.2 Å². The predicted molar refractivity (Wildman–Crippen MR) is 70.4 cm³/mol. The van der Waals surface area contributed by atoms with Gasteiger partial charge in [-0.2, -0.15) is 0 Å². The van der Waals surface area contributed by atoms with Crippen LogP contribution in [0.2, 0.25) is 5.02 Å². The summed E-state index contributed by atoms with van der Waals surface area (Å²) in [5, 5.41) is 2.96. The van der Waals surface area contributed by atoms with Crippen molar-refractivity contribution < 1.29 is 9.18 Å². The van der Waals surface area contributed by atoms with Gasteiger partial charge in [0.1, 0.15) is 5.82 Å². The summed E-state index contributed by atoms with van der Waals surface area (Å²) in [6, 6.07) is 3.86. The van der Waals surface area contributed by atoms with Crippen LogP contribution in [0.5, 0.6) is 0 Å². The van der Waals surface area contributed by atoms with E-state index in [1.165, 1.54) is 18.2 Å². The lowest BCUT2D eigenvalue weighted by Crippen LogP contribution is -2.40. The lowest BCUT2D eigenvalue weighted by Gasteiger charge is -2.30. The van der Waals surface area contributed by atoms with Crippen LogP contribution in [0.15, 0.2) is 18.2 Å². The Morgan fingerprint density at radius 2 is 2.11 bits per heavy atom. The standard InChI is InChI=1S/C13H16ClFN2O/c1-9-4-6-17(7-5-9)13(18)16-12-8-10(14)2-3-11(12)15/h2-3,8-9H,4-7H2,1H3,(H,16,18). The third-order valence-electron chi connectivity index (χ3n) is 3.24. The molecule has 98 valence electrons. The highest BCUT2D eigenvalue weighted by atomic mass is 35.5. The summed E-state index contributed by atoms with van der Waals surface area (Å²) in [7, 11) is 0. The number of carbonyl (C=O) groups excluding carboxylic acids is 1. The Labute approximate surface area is 111 Å². The quantitative estimate of drug-likeness (QED) is 0.828.